The summed E-state index contributed by atoms with van der Waals surface area (Å²) >= 11 is 0. The van der Waals surface area contributed by atoms with Gasteiger partial charge in [-0.25, -0.2) is 9.78 Å². The summed E-state index contributed by atoms with van der Waals surface area (Å²) in [5.74, 6) is 0.442. The van der Waals surface area contributed by atoms with Gasteiger partial charge in [0.2, 0.25) is 0 Å². The minimum absolute atomic E-state index is 0.343. The van der Waals surface area contributed by atoms with Gasteiger partial charge in [0, 0.05) is 18.9 Å². The second-order valence-electron chi connectivity index (χ2n) is 4.47. The van der Waals surface area contributed by atoms with E-state index in [2.05, 4.69) is 18.0 Å². The fourth-order valence-electron chi connectivity index (χ4n) is 1.98. The zero-order chi connectivity index (χ0) is 14.5. The fraction of sp³-hybridized carbons (Fsp3) is 0.250. The number of aromatic nitrogens is 1. The van der Waals surface area contributed by atoms with Crippen LogP contribution < -0.4 is 4.90 Å². The van der Waals surface area contributed by atoms with Crippen molar-refractivity contribution in [3.63, 3.8) is 0 Å². The number of rotatable bonds is 4. The molecule has 4 heteroatoms. The van der Waals surface area contributed by atoms with Crippen molar-refractivity contribution in [2.75, 3.05) is 18.6 Å². The minimum Gasteiger partial charge on any atom is -0.462 e. The number of ether oxygens (including phenoxy) is 1. The molecule has 0 radical (unpaired) electrons. The number of hydrogen-bond acceptors (Lipinski definition) is 4. The molecule has 0 N–H and O–H groups in total. The first-order chi connectivity index (χ1) is 9.63. The van der Waals surface area contributed by atoms with Crippen molar-refractivity contribution in [2.45, 2.75) is 13.8 Å². The van der Waals surface area contributed by atoms with Crippen LogP contribution >= 0.6 is 0 Å². The number of anilines is 2. The Morgan fingerprint density at radius 1 is 1.25 bits per heavy atom. The molecule has 0 aliphatic rings. The van der Waals surface area contributed by atoms with Gasteiger partial charge in [-0.1, -0.05) is 18.2 Å². The van der Waals surface area contributed by atoms with Gasteiger partial charge in [-0.05, 0) is 37.6 Å². The van der Waals surface area contributed by atoms with Crippen LogP contribution in [0.1, 0.15) is 22.8 Å². The average molecular weight is 270 g/mol. The number of carbonyl (C=O) groups excluding carboxylic acids is 1. The lowest BCUT2D eigenvalue weighted by Crippen LogP contribution is -2.13. The van der Waals surface area contributed by atoms with E-state index in [-0.39, 0.29) is 5.97 Å². The number of para-hydroxylation sites is 1. The number of nitrogens with zero attached hydrogens (tertiary/aromatic N) is 2. The quantitative estimate of drug-likeness (QED) is 0.799. The molecule has 0 bridgehead atoms. The molecule has 2 aromatic rings. The predicted octanol–water partition coefficient (Wildman–Crippen LogP) is 3.33. The predicted molar refractivity (Wildman–Crippen MR) is 79.4 cm³/mol. The van der Waals surface area contributed by atoms with Crippen molar-refractivity contribution >= 4 is 17.5 Å². The Bertz CT molecular complexity index is 594. The summed E-state index contributed by atoms with van der Waals surface area (Å²) in [5, 5.41) is 0. The van der Waals surface area contributed by atoms with Crippen molar-refractivity contribution in [1.29, 1.82) is 0 Å². The number of pyridine rings is 1. The van der Waals surface area contributed by atoms with Gasteiger partial charge in [0.25, 0.3) is 0 Å². The maximum Gasteiger partial charge on any atom is 0.339 e. The van der Waals surface area contributed by atoms with Crippen LogP contribution in [0.5, 0.6) is 0 Å². The van der Waals surface area contributed by atoms with Crippen molar-refractivity contribution in [3.05, 3.63) is 53.7 Å². The number of esters is 1. The lowest BCUT2D eigenvalue weighted by molar-refractivity contribution is 0.0526. The summed E-state index contributed by atoms with van der Waals surface area (Å²) in [6, 6.07) is 11.6. The molecule has 0 amide bonds. The summed E-state index contributed by atoms with van der Waals surface area (Å²) in [7, 11) is 1.95. The van der Waals surface area contributed by atoms with Crippen molar-refractivity contribution in [1.82, 2.24) is 4.98 Å². The average Bonchev–Trinajstić information content (AvgIpc) is 2.47. The Hall–Kier alpha value is -2.36. The van der Waals surface area contributed by atoms with Crippen LogP contribution in [0.25, 0.3) is 0 Å². The van der Waals surface area contributed by atoms with Crippen LogP contribution in [0, 0.1) is 6.92 Å². The first-order valence-corrected chi connectivity index (χ1v) is 6.56. The molecule has 20 heavy (non-hydrogen) atoms. The summed E-state index contributed by atoms with van der Waals surface area (Å²) in [5.41, 5.74) is 2.73. The zero-order valence-electron chi connectivity index (χ0n) is 12.0. The van der Waals surface area contributed by atoms with Crippen LogP contribution in [0.2, 0.25) is 0 Å². The highest BCUT2D eigenvalue weighted by atomic mass is 16.5. The molecule has 0 spiro atoms. The monoisotopic (exact) mass is 270 g/mol. The van der Waals surface area contributed by atoms with Gasteiger partial charge in [-0.3, -0.25) is 0 Å². The molecule has 1 aromatic carbocycles. The van der Waals surface area contributed by atoms with E-state index in [0.29, 0.717) is 12.2 Å². The molecule has 0 saturated heterocycles. The van der Waals surface area contributed by atoms with Gasteiger partial charge >= 0.3 is 5.97 Å². The lowest BCUT2D eigenvalue weighted by Gasteiger charge is -2.20. The zero-order valence-corrected chi connectivity index (χ0v) is 12.0. The highest BCUT2D eigenvalue weighted by Gasteiger charge is 2.10. The maximum atomic E-state index is 11.6. The normalized spacial score (nSPS) is 10.2. The van der Waals surface area contributed by atoms with Crippen LogP contribution in [0.4, 0.5) is 11.5 Å². The molecule has 0 aliphatic carbocycles. The van der Waals surface area contributed by atoms with Crippen LogP contribution in [-0.2, 0) is 4.74 Å². The van der Waals surface area contributed by atoms with Gasteiger partial charge in [0.1, 0.15) is 5.82 Å². The minimum atomic E-state index is -0.343. The van der Waals surface area contributed by atoms with Gasteiger partial charge in [-0.2, -0.15) is 0 Å². The van der Waals surface area contributed by atoms with Gasteiger partial charge in [0.05, 0.1) is 12.2 Å². The second-order valence-corrected chi connectivity index (χ2v) is 4.47. The standard InChI is InChI=1S/C16H18N2O2/c1-4-20-16(19)13-9-10-15(17-11-13)18(3)14-8-6-5-7-12(14)2/h5-11H,4H2,1-3H3. The van der Waals surface area contributed by atoms with Gasteiger partial charge < -0.3 is 9.64 Å². The van der Waals surface area contributed by atoms with Crippen LogP contribution in [0.15, 0.2) is 42.6 Å². The summed E-state index contributed by atoms with van der Waals surface area (Å²) < 4.78 is 4.94. The Morgan fingerprint density at radius 2 is 2.00 bits per heavy atom. The molecule has 1 aromatic heterocycles. The van der Waals surface area contributed by atoms with E-state index in [1.165, 1.54) is 5.56 Å². The molecule has 0 aliphatic heterocycles. The number of hydrogen-bond donors (Lipinski definition) is 0. The molecule has 4 nitrogen and oxygen atoms in total. The number of benzene rings is 1. The van der Waals surface area contributed by atoms with Crippen molar-refractivity contribution in [2.24, 2.45) is 0 Å². The SMILES string of the molecule is CCOC(=O)c1ccc(N(C)c2ccccc2C)nc1. The fourth-order valence-corrected chi connectivity index (χ4v) is 1.98. The van der Waals surface area contributed by atoms with Crippen LogP contribution in [-0.4, -0.2) is 24.6 Å². The number of carbonyl (C=O) groups is 1. The first-order valence-electron chi connectivity index (χ1n) is 6.56. The van der Waals surface area contributed by atoms with E-state index in [0.717, 1.165) is 11.5 Å². The van der Waals surface area contributed by atoms with E-state index >= 15 is 0 Å². The van der Waals surface area contributed by atoms with E-state index in [4.69, 9.17) is 4.74 Å². The molecule has 0 fully saturated rings. The summed E-state index contributed by atoms with van der Waals surface area (Å²) in [6.45, 7) is 4.20. The smallest absolute Gasteiger partial charge is 0.339 e. The molecule has 0 unspecified atom stereocenters. The first kappa shape index (κ1) is 14.1. The van der Waals surface area contributed by atoms with E-state index in [1.807, 2.05) is 36.2 Å². The molecule has 104 valence electrons. The third-order valence-corrected chi connectivity index (χ3v) is 3.08. The molecular weight excluding hydrogens is 252 g/mol. The molecule has 1 heterocycles. The summed E-state index contributed by atoms with van der Waals surface area (Å²) in [4.78, 5) is 17.9. The summed E-state index contributed by atoms with van der Waals surface area (Å²) in [6.07, 6.45) is 1.54. The topological polar surface area (TPSA) is 42.4 Å². The molecule has 2 rings (SSSR count). The molecule has 0 saturated carbocycles. The largest absolute Gasteiger partial charge is 0.462 e. The third-order valence-electron chi connectivity index (χ3n) is 3.08. The lowest BCUT2D eigenvalue weighted by atomic mass is 10.2. The van der Waals surface area contributed by atoms with Crippen molar-refractivity contribution < 1.29 is 9.53 Å². The van der Waals surface area contributed by atoms with Gasteiger partial charge in [0.15, 0.2) is 0 Å². The van der Waals surface area contributed by atoms with E-state index in [9.17, 15) is 4.79 Å². The Morgan fingerprint density at radius 3 is 2.60 bits per heavy atom. The third kappa shape index (κ3) is 2.96. The molecule has 0 atom stereocenters. The van der Waals surface area contributed by atoms with Crippen LogP contribution in [0.3, 0.4) is 0 Å². The number of aryl methyl sites for hydroxylation is 1. The second kappa shape index (κ2) is 6.19. The van der Waals surface area contributed by atoms with E-state index < -0.39 is 0 Å². The molecular formula is C16H18N2O2. The van der Waals surface area contributed by atoms with Crippen molar-refractivity contribution in [3.8, 4) is 0 Å². The Kier molecular flexibility index (Phi) is 4.35. The van der Waals surface area contributed by atoms with E-state index in [1.54, 1.807) is 19.2 Å². The highest BCUT2D eigenvalue weighted by Crippen LogP contribution is 2.24. The Labute approximate surface area is 119 Å². The highest BCUT2D eigenvalue weighted by molar-refractivity contribution is 5.89. The Balaban J connectivity index is 2.22. The van der Waals surface area contributed by atoms with Gasteiger partial charge in [-0.15, -0.1) is 0 Å². The maximum absolute atomic E-state index is 11.6.